The van der Waals surface area contributed by atoms with E-state index in [1.165, 1.54) is 38.6 Å². The Kier molecular flexibility index (Phi) is 4.74. The molecule has 0 radical (unpaired) electrons. The molecule has 2 nitrogen and oxygen atoms in total. The van der Waals surface area contributed by atoms with Crippen molar-refractivity contribution in [2.24, 2.45) is 11.7 Å². The van der Waals surface area contributed by atoms with Crippen molar-refractivity contribution < 1.29 is 0 Å². The van der Waals surface area contributed by atoms with Gasteiger partial charge in [-0.25, -0.2) is 0 Å². The highest BCUT2D eigenvalue weighted by Crippen LogP contribution is 2.24. The summed E-state index contributed by atoms with van der Waals surface area (Å²) in [6.07, 6.45) is 8.46. The molecule has 1 aliphatic carbocycles. The minimum Gasteiger partial charge on any atom is -0.316 e. The van der Waals surface area contributed by atoms with Crippen molar-refractivity contribution >= 4 is 0 Å². The molecule has 1 fully saturated rings. The standard InChI is InChI=1S/C11H24N2/c1-3-11(12)13(2)9-10-7-5-4-6-8-10/h10-11H,3-9,12H2,1-2H3. The second-order valence-corrected chi connectivity index (χ2v) is 4.42. The fourth-order valence-corrected chi connectivity index (χ4v) is 2.22. The number of nitrogens with zero attached hydrogens (tertiary/aromatic N) is 1. The average molecular weight is 184 g/mol. The quantitative estimate of drug-likeness (QED) is 0.679. The lowest BCUT2D eigenvalue weighted by Crippen LogP contribution is -2.41. The first-order valence-electron chi connectivity index (χ1n) is 5.70. The van der Waals surface area contributed by atoms with Crippen LogP contribution in [0.5, 0.6) is 0 Å². The van der Waals surface area contributed by atoms with Crippen molar-refractivity contribution in [3.05, 3.63) is 0 Å². The van der Waals surface area contributed by atoms with Crippen LogP contribution in [0.25, 0.3) is 0 Å². The maximum atomic E-state index is 5.96. The predicted molar refractivity (Wildman–Crippen MR) is 57.5 cm³/mol. The number of hydrogen-bond donors (Lipinski definition) is 1. The van der Waals surface area contributed by atoms with Gasteiger partial charge in [-0.15, -0.1) is 0 Å². The molecular weight excluding hydrogens is 160 g/mol. The van der Waals surface area contributed by atoms with Crippen molar-refractivity contribution in [3.63, 3.8) is 0 Å². The Morgan fingerprint density at radius 1 is 1.31 bits per heavy atom. The van der Waals surface area contributed by atoms with Crippen LogP contribution in [0, 0.1) is 5.92 Å². The smallest absolute Gasteiger partial charge is 0.0566 e. The molecule has 78 valence electrons. The van der Waals surface area contributed by atoms with Crippen LogP contribution in [0.3, 0.4) is 0 Å². The minimum atomic E-state index is 0.266. The van der Waals surface area contributed by atoms with Crippen LogP contribution in [0.2, 0.25) is 0 Å². The van der Waals surface area contributed by atoms with Crippen molar-refractivity contribution in [1.29, 1.82) is 0 Å². The molecule has 0 aromatic rings. The van der Waals surface area contributed by atoms with Gasteiger partial charge in [0.1, 0.15) is 0 Å². The van der Waals surface area contributed by atoms with Gasteiger partial charge in [0.15, 0.2) is 0 Å². The van der Waals surface area contributed by atoms with E-state index in [9.17, 15) is 0 Å². The van der Waals surface area contributed by atoms with Crippen molar-refractivity contribution in [1.82, 2.24) is 4.90 Å². The zero-order valence-corrected chi connectivity index (χ0v) is 9.13. The molecule has 0 aliphatic heterocycles. The molecule has 0 aromatic carbocycles. The molecule has 2 heteroatoms. The second-order valence-electron chi connectivity index (χ2n) is 4.42. The summed E-state index contributed by atoms with van der Waals surface area (Å²) < 4.78 is 0. The van der Waals surface area contributed by atoms with Gasteiger partial charge in [-0.05, 0) is 32.2 Å². The minimum absolute atomic E-state index is 0.266. The Balaban J connectivity index is 2.21. The lowest BCUT2D eigenvalue weighted by Gasteiger charge is -2.30. The maximum absolute atomic E-state index is 5.96. The highest BCUT2D eigenvalue weighted by molar-refractivity contribution is 4.70. The summed E-state index contributed by atoms with van der Waals surface area (Å²) in [4.78, 5) is 2.32. The van der Waals surface area contributed by atoms with E-state index in [1.54, 1.807) is 0 Å². The Bertz CT molecular complexity index is 130. The van der Waals surface area contributed by atoms with E-state index in [0.29, 0.717) is 0 Å². The third-order valence-electron chi connectivity index (χ3n) is 3.26. The number of hydrogen-bond acceptors (Lipinski definition) is 2. The van der Waals surface area contributed by atoms with Gasteiger partial charge >= 0.3 is 0 Å². The highest BCUT2D eigenvalue weighted by atomic mass is 15.2. The first-order valence-corrected chi connectivity index (χ1v) is 5.70. The fourth-order valence-electron chi connectivity index (χ4n) is 2.22. The van der Waals surface area contributed by atoms with Crippen LogP contribution in [0.4, 0.5) is 0 Å². The van der Waals surface area contributed by atoms with E-state index in [-0.39, 0.29) is 6.17 Å². The van der Waals surface area contributed by atoms with E-state index in [1.807, 2.05) is 0 Å². The molecule has 0 bridgehead atoms. The zero-order valence-electron chi connectivity index (χ0n) is 9.13. The molecule has 2 N–H and O–H groups in total. The van der Waals surface area contributed by atoms with Gasteiger partial charge in [0, 0.05) is 6.54 Å². The van der Waals surface area contributed by atoms with E-state index in [0.717, 1.165) is 12.3 Å². The lowest BCUT2D eigenvalue weighted by molar-refractivity contribution is 0.181. The number of rotatable bonds is 4. The molecule has 1 aliphatic rings. The molecule has 1 atom stereocenters. The van der Waals surface area contributed by atoms with Crippen LogP contribution in [-0.4, -0.2) is 24.7 Å². The highest BCUT2D eigenvalue weighted by Gasteiger charge is 2.17. The summed E-state index contributed by atoms with van der Waals surface area (Å²) in [7, 11) is 2.16. The van der Waals surface area contributed by atoms with Gasteiger partial charge in [-0.1, -0.05) is 26.2 Å². The lowest BCUT2D eigenvalue weighted by atomic mass is 9.89. The van der Waals surface area contributed by atoms with Gasteiger partial charge in [-0.2, -0.15) is 0 Å². The summed E-state index contributed by atoms with van der Waals surface area (Å²) in [5.74, 6) is 0.913. The Morgan fingerprint density at radius 3 is 2.46 bits per heavy atom. The summed E-state index contributed by atoms with van der Waals surface area (Å²) in [5, 5.41) is 0. The molecule has 0 amide bonds. The first kappa shape index (κ1) is 11.0. The Labute approximate surface area is 82.5 Å². The molecule has 0 heterocycles. The fraction of sp³-hybridized carbons (Fsp3) is 1.00. The van der Waals surface area contributed by atoms with E-state index < -0.39 is 0 Å². The third-order valence-corrected chi connectivity index (χ3v) is 3.26. The summed E-state index contributed by atoms with van der Waals surface area (Å²) in [6, 6.07) is 0. The molecule has 0 saturated heterocycles. The molecular formula is C11H24N2. The summed E-state index contributed by atoms with van der Waals surface area (Å²) >= 11 is 0. The predicted octanol–water partition coefficient (Wildman–Crippen LogP) is 2.19. The topological polar surface area (TPSA) is 29.3 Å². The van der Waals surface area contributed by atoms with Crippen LogP contribution in [0.15, 0.2) is 0 Å². The van der Waals surface area contributed by atoms with Crippen LogP contribution >= 0.6 is 0 Å². The molecule has 13 heavy (non-hydrogen) atoms. The summed E-state index contributed by atoms with van der Waals surface area (Å²) in [6.45, 7) is 3.36. The van der Waals surface area contributed by atoms with Crippen molar-refractivity contribution in [2.45, 2.75) is 51.6 Å². The van der Waals surface area contributed by atoms with Crippen molar-refractivity contribution in [3.8, 4) is 0 Å². The zero-order chi connectivity index (χ0) is 9.68. The Morgan fingerprint density at radius 2 is 1.92 bits per heavy atom. The van der Waals surface area contributed by atoms with Gasteiger partial charge in [0.25, 0.3) is 0 Å². The third kappa shape index (κ3) is 3.65. The normalized spacial score (nSPS) is 22.2. The van der Waals surface area contributed by atoms with E-state index in [2.05, 4.69) is 18.9 Å². The number of nitrogens with two attached hydrogens (primary N) is 1. The SMILES string of the molecule is CCC(N)N(C)CC1CCCCC1. The van der Waals surface area contributed by atoms with Crippen LogP contribution in [-0.2, 0) is 0 Å². The second kappa shape index (κ2) is 5.61. The molecule has 0 spiro atoms. The molecule has 1 saturated carbocycles. The van der Waals surface area contributed by atoms with Crippen LogP contribution < -0.4 is 5.73 Å². The monoisotopic (exact) mass is 184 g/mol. The van der Waals surface area contributed by atoms with Gasteiger partial charge < -0.3 is 5.73 Å². The van der Waals surface area contributed by atoms with Crippen LogP contribution in [0.1, 0.15) is 45.4 Å². The van der Waals surface area contributed by atoms with E-state index in [4.69, 9.17) is 5.73 Å². The van der Waals surface area contributed by atoms with Gasteiger partial charge in [0.2, 0.25) is 0 Å². The van der Waals surface area contributed by atoms with Gasteiger partial charge in [0.05, 0.1) is 6.17 Å². The largest absolute Gasteiger partial charge is 0.316 e. The summed E-state index contributed by atoms with van der Waals surface area (Å²) in [5.41, 5.74) is 5.96. The average Bonchev–Trinajstić information content (AvgIpc) is 2.18. The first-order chi connectivity index (χ1) is 6.24. The maximum Gasteiger partial charge on any atom is 0.0566 e. The van der Waals surface area contributed by atoms with E-state index >= 15 is 0 Å². The molecule has 0 aromatic heterocycles. The van der Waals surface area contributed by atoms with Crippen molar-refractivity contribution in [2.75, 3.05) is 13.6 Å². The molecule has 1 unspecified atom stereocenters. The molecule has 1 rings (SSSR count). The Hall–Kier alpha value is -0.0800. The van der Waals surface area contributed by atoms with Gasteiger partial charge in [-0.3, -0.25) is 4.90 Å².